The van der Waals surface area contributed by atoms with E-state index in [2.05, 4.69) is 15.1 Å². The molecule has 3 rings (SSSR count). The van der Waals surface area contributed by atoms with Crippen molar-refractivity contribution in [2.45, 2.75) is 31.6 Å². The molecule has 0 bridgehead atoms. The van der Waals surface area contributed by atoms with Gasteiger partial charge in [-0.2, -0.15) is 0 Å². The van der Waals surface area contributed by atoms with Gasteiger partial charge in [0.2, 0.25) is 5.95 Å². The number of rotatable bonds is 2. The normalized spacial score (nSPS) is 23.0. The second kappa shape index (κ2) is 4.62. The van der Waals surface area contributed by atoms with Gasteiger partial charge in [-0.05, 0) is 25.7 Å². The molecule has 0 aliphatic heterocycles. The van der Waals surface area contributed by atoms with Crippen LogP contribution in [0.5, 0.6) is 0 Å². The topological polar surface area (TPSA) is 126 Å². The molecule has 4 N–H and O–H groups in total. The predicted octanol–water partition coefficient (Wildman–Crippen LogP) is 0.358. The number of nitrogens with one attached hydrogen (secondary N) is 1. The maximum Gasteiger partial charge on any atom is 0.306 e. The Bertz CT molecular complexity index is 711. The molecule has 0 radical (unpaired) electrons. The van der Waals surface area contributed by atoms with E-state index in [1.54, 1.807) is 0 Å². The number of hydrogen-bond donors (Lipinski definition) is 3. The van der Waals surface area contributed by atoms with Gasteiger partial charge < -0.3 is 10.8 Å². The van der Waals surface area contributed by atoms with Crippen LogP contribution >= 0.6 is 0 Å². The molecule has 0 atom stereocenters. The Labute approximate surface area is 113 Å². The lowest BCUT2D eigenvalue weighted by Crippen LogP contribution is -2.22. The SMILES string of the molecule is Nc1nn2c(C3CCC(C(=O)O)CC3)ncc2c(=O)[nH]1. The molecule has 106 valence electrons. The van der Waals surface area contributed by atoms with Gasteiger partial charge in [0.15, 0.2) is 5.52 Å². The summed E-state index contributed by atoms with van der Waals surface area (Å²) in [5, 5.41) is 13.1. The molecule has 20 heavy (non-hydrogen) atoms. The highest BCUT2D eigenvalue weighted by atomic mass is 16.4. The minimum Gasteiger partial charge on any atom is -0.481 e. The van der Waals surface area contributed by atoms with Crippen LogP contribution in [0.4, 0.5) is 5.95 Å². The van der Waals surface area contributed by atoms with E-state index in [-0.39, 0.29) is 23.3 Å². The first kappa shape index (κ1) is 12.6. The van der Waals surface area contributed by atoms with Crippen molar-refractivity contribution < 1.29 is 9.90 Å². The summed E-state index contributed by atoms with van der Waals surface area (Å²) in [7, 11) is 0. The van der Waals surface area contributed by atoms with E-state index in [1.165, 1.54) is 10.7 Å². The molecule has 1 fully saturated rings. The quantitative estimate of drug-likeness (QED) is 0.727. The van der Waals surface area contributed by atoms with Gasteiger partial charge in [0.05, 0.1) is 12.1 Å². The van der Waals surface area contributed by atoms with Gasteiger partial charge in [-0.15, -0.1) is 5.10 Å². The van der Waals surface area contributed by atoms with Crippen molar-refractivity contribution in [1.29, 1.82) is 0 Å². The number of H-pyrrole nitrogens is 1. The van der Waals surface area contributed by atoms with Crippen LogP contribution in [0.3, 0.4) is 0 Å². The largest absolute Gasteiger partial charge is 0.481 e. The molecule has 0 spiro atoms. The standard InChI is InChI=1S/C12H15N5O3/c13-12-15-10(18)8-5-14-9(17(8)16-12)6-1-3-7(4-2-6)11(19)20/h5-7H,1-4H2,(H,19,20)(H3,13,15,16,18). The molecule has 0 saturated heterocycles. The number of aromatic amines is 1. The van der Waals surface area contributed by atoms with Gasteiger partial charge in [0, 0.05) is 5.92 Å². The van der Waals surface area contributed by atoms with Crippen LogP contribution in [-0.2, 0) is 4.79 Å². The van der Waals surface area contributed by atoms with Crippen molar-refractivity contribution in [3.63, 3.8) is 0 Å². The van der Waals surface area contributed by atoms with Crippen LogP contribution in [0.15, 0.2) is 11.0 Å². The zero-order valence-electron chi connectivity index (χ0n) is 10.7. The summed E-state index contributed by atoms with van der Waals surface area (Å²) in [6.45, 7) is 0. The van der Waals surface area contributed by atoms with Crippen LogP contribution in [0.1, 0.15) is 37.4 Å². The Kier molecular flexibility index (Phi) is 2.92. The lowest BCUT2D eigenvalue weighted by atomic mass is 9.82. The van der Waals surface area contributed by atoms with E-state index in [1.807, 2.05) is 0 Å². The van der Waals surface area contributed by atoms with Crippen LogP contribution in [0.2, 0.25) is 0 Å². The second-order valence-electron chi connectivity index (χ2n) is 5.14. The number of hydrogen-bond acceptors (Lipinski definition) is 5. The number of carboxylic acid groups (broad SMARTS) is 1. The van der Waals surface area contributed by atoms with E-state index in [4.69, 9.17) is 10.8 Å². The highest BCUT2D eigenvalue weighted by Gasteiger charge is 2.29. The average Bonchev–Trinajstić information content (AvgIpc) is 2.82. The first-order chi connectivity index (χ1) is 9.56. The number of aromatic nitrogens is 4. The fraction of sp³-hybridized carbons (Fsp3) is 0.500. The van der Waals surface area contributed by atoms with Crippen molar-refractivity contribution in [3.05, 3.63) is 22.4 Å². The van der Waals surface area contributed by atoms with E-state index in [0.29, 0.717) is 24.2 Å². The van der Waals surface area contributed by atoms with Gasteiger partial charge in [-0.3, -0.25) is 14.6 Å². The molecular weight excluding hydrogens is 262 g/mol. The Balaban J connectivity index is 1.92. The summed E-state index contributed by atoms with van der Waals surface area (Å²) >= 11 is 0. The van der Waals surface area contributed by atoms with E-state index in [9.17, 15) is 9.59 Å². The third-order valence-corrected chi connectivity index (χ3v) is 3.89. The van der Waals surface area contributed by atoms with Gasteiger partial charge in [-0.1, -0.05) is 0 Å². The van der Waals surface area contributed by atoms with Crippen molar-refractivity contribution in [2.75, 3.05) is 5.73 Å². The molecule has 1 aliphatic rings. The van der Waals surface area contributed by atoms with Gasteiger partial charge >= 0.3 is 5.97 Å². The first-order valence-electron chi connectivity index (χ1n) is 6.52. The zero-order valence-corrected chi connectivity index (χ0v) is 10.7. The van der Waals surface area contributed by atoms with Crippen LogP contribution in [0, 0.1) is 5.92 Å². The van der Waals surface area contributed by atoms with Gasteiger partial charge in [-0.25, -0.2) is 9.50 Å². The van der Waals surface area contributed by atoms with E-state index in [0.717, 1.165) is 12.8 Å². The number of carbonyl (C=O) groups is 1. The number of anilines is 1. The fourth-order valence-electron chi connectivity index (χ4n) is 2.81. The van der Waals surface area contributed by atoms with Crippen molar-refractivity contribution in [2.24, 2.45) is 5.92 Å². The van der Waals surface area contributed by atoms with Crippen LogP contribution in [0.25, 0.3) is 5.52 Å². The Morgan fingerprint density at radius 1 is 1.40 bits per heavy atom. The molecular formula is C12H15N5O3. The number of carboxylic acids is 1. The number of imidazole rings is 1. The summed E-state index contributed by atoms with van der Waals surface area (Å²) in [5.74, 6) is -0.182. The summed E-state index contributed by atoms with van der Waals surface area (Å²) < 4.78 is 1.47. The molecule has 8 heteroatoms. The lowest BCUT2D eigenvalue weighted by molar-refractivity contribution is -0.142. The lowest BCUT2D eigenvalue weighted by Gasteiger charge is -2.24. The second-order valence-corrected chi connectivity index (χ2v) is 5.14. The summed E-state index contributed by atoms with van der Waals surface area (Å²) in [6, 6.07) is 0. The zero-order chi connectivity index (χ0) is 14.3. The van der Waals surface area contributed by atoms with Crippen molar-refractivity contribution in [3.8, 4) is 0 Å². The fourth-order valence-corrected chi connectivity index (χ4v) is 2.81. The summed E-state index contributed by atoms with van der Waals surface area (Å²) in [4.78, 5) is 29.4. The summed E-state index contributed by atoms with van der Waals surface area (Å²) in [6.07, 6.45) is 4.17. The Morgan fingerprint density at radius 3 is 2.75 bits per heavy atom. The molecule has 2 heterocycles. The third kappa shape index (κ3) is 2.02. The van der Waals surface area contributed by atoms with Crippen LogP contribution in [-0.4, -0.2) is 30.7 Å². The van der Waals surface area contributed by atoms with Gasteiger partial charge in [0.25, 0.3) is 5.56 Å². The smallest absolute Gasteiger partial charge is 0.306 e. The highest BCUT2D eigenvalue weighted by Crippen LogP contribution is 2.35. The maximum absolute atomic E-state index is 11.7. The van der Waals surface area contributed by atoms with E-state index < -0.39 is 5.97 Å². The highest BCUT2D eigenvalue weighted by molar-refractivity contribution is 5.70. The minimum absolute atomic E-state index is 0.0426. The molecule has 0 unspecified atom stereocenters. The number of fused-ring (bicyclic) bond motifs is 1. The molecule has 1 saturated carbocycles. The maximum atomic E-state index is 11.7. The minimum atomic E-state index is -0.741. The molecule has 0 amide bonds. The Morgan fingerprint density at radius 2 is 2.10 bits per heavy atom. The van der Waals surface area contributed by atoms with Crippen LogP contribution < -0.4 is 11.3 Å². The molecule has 8 nitrogen and oxygen atoms in total. The Hall–Kier alpha value is -2.38. The monoisotopic (exact) mass is 277 g/mol. The van der Waals surface area contributed by atoms with Crippen molar-refractivity contribution in [1.82, 2.24) is 19.6 Å². The average molecular weight is 277 g/mol. The number of nitrogens with zero attached hydrogens (tertiary/aromatic N) is 3. The molecule has 0 aromatic carbocycles. The molecule has 1 aliphatic carbocycles. The number of aliphatic carboxylic acids is 1. The molecule has 2 aromatic heterocycles. The first-order valence-corrected chi connectivity index (χ1v) is 6.52. The third-order valence-electron chi connectivity index (χ3n) is 3.89. The number of nitrogen functional groups attached to an aromatic ring is 1. The predicted molar refractivity (Wildman–Crippen MR) is 70.4 cm³/mol. The van der Waals surface area contributed by atoms with Crippen molar-refractivity contribution >= 4 is 17.4 Å². The van der Waals surface area contributed by atoms with Gasteiger partial charge in [0.1, 0.15) is 5.82 Å². The van der Waals surface area contributed by atoms with E-state index >= 15 is 0 Å². The number of nitrogens with two attached hydrogens (primary N) is 1. The molecule has 2 aromatic rings. The summed E-state index contributed by atoms with van der Waals surface area (Å²) in [5.41, 5.74) is 5.58.